The number of benzene rings is 22. The second-order valence-electron chi connectivity index (χ2n) is 36.5. The number of para-hydroxylation sites is 8. The highest BCUT2D eigenvalue weighted by Crippen LogP contribution is 2.69. The van der Waals surface area contributed by atoms with Crippen molar-refractivity contribution in [3.05, 3.63) is 562 Å². The summed E-state index contributed by atoms with van der Waals surface area (Å²) in [5.41, 5.74) is 33.3. The maximum Gasteiger partial charge on any atom is 0.132 e. The predicted octanol–water partition coefficient (Wildman–Crippen LogP) is 32.8. The van der Waals surface area contributed by atoms with Gasteiger partial charge in [-0.2, -0.15) is 0 Å². The maximum atomic E-state index is 6.76. The Morgan fingerprint density at radius 2 is 0.366 bits per heavy atom. The summed E-state index contributed by atoms with van der Waals surface area (Å²) in [6, 6.07) is 174. The zero-order chi connectivity index (χ0) is 87.7. The van der Waals surface area contributed by atoms with Gasteiger partial charge >= 0.3 is 0 Å². The molecule has 0 atom stereocenters. The fourth-order valence-corrected chi connectivity index (χ4v) is 25.2. The van der Waals surface area contributed by atoms with E-state index in [0.29, 0.717) is 0 Å². The number of ether oxygens (including phenoxy) is 4. The molecule has 0 unspecified atom stereocenters. The number of fused-ring (bicyclic) bond motifs is 43. The summed E-state index contributed by atoms with van der Waals surface area (Å²) < 4.78 is 26.8. The summed E-state index contributed by atoms with van der Waals surface area (Å²) in [7, 11) is 0. The SMILES string of the molecule is c1ccc2c(c1)Oc1ccccc1C21c2ccccc2-c2cc(N(c3ccc4c(c3)C3(c5ccccc5Oc5ccccc53)c3ccccc3-4)c3ccc4c5ccccc5c5ccccc5c4c3)ccc21.c1ccc2c(c1)Oc1ccccc1C21c2ccccc2-c2cc(N(c3ccc4c(c3)C3(c5ccccc5Oc5ccccc53)c3ccccc3-4)c3cccc4ccccc34)ccc21. The molecule has 0 radical (unpaired) electrons. The lowest BCUT2D eigenvalue weighted by Gasteiger charge is -2.40. The molecular weight excluding hydrogens is 1630 g/mol. The van der Waals surface area contributed by atoms with Crippen molar-refractivity contribution in [2.75, 3.05) is 9.80 Å². The number of rotatable bonds is 6. The Bertz CT molecular complexity index is 8640. The highest BCUT2D eigenvalue weighted by molar-refractivity contribution is 6.26. The summed E-state index contributed by atoms with van der Waals surface area (Å²) in [6.45, 7) is 0. The van der Waals surface area contributed by atoms with E-state index in [1.54, 1.807) is 0 Å². The summed E-state index contributed by atoms with van der Waals surface area (Å²) in [5, 5.41) is 9.85. The molecule has 0 saturated carbocycles. The highest BCUT2D eigenvalue weighted by Gasteiger charge is 2.57. The summed E-state index contributed by atoms with van der Waals surface area (Å²) in [5.74, 6) is 7.10. The molecule has 30 rings (SSSR count). The number of hydrogen-bond donors (Lipinski definition) is 0. The molecule has 134 heavy (non-hydrogen) atoms. The molecule has 4 heterocycles. The Kier molecular flexibility index (Phi) is 15.6. The van der Waals surface area contributed by atoms with Gasteiger partial charge in [0.15, 0.2) is 0 Å². The first-order valence-electron chi connectivity index (χ1n) is 46.3. The molecule has 4 aliphatic carbocycles. The zero-order valence-corrected chi connectivity index (χ0v) is 72.6. The van der Waals surface area contributed by atoms with Gasteiger partial charge in [0.25, 0.3) is 0 Å². The third-order valence-corrected chi connectivity index (χ3v) is 30.3. The smallest absolute Gasteiger partial charge is 0.132 e. The van der Waals surface area contributed by atoms with Crippen LogP contribution in [0.3, 0.4) is 0 Å². The number of anilines is 6. The first-order chi connectivity index (χ1) is 66.4. The van der Waals surface area contributed by atoms with Gasteiger partial charge in [0.2, 0.25) is 0 Å². The summed E-state index contributed by atoms with van der Waals surface area (Å²) in [4.78, 5) is 4.98. The van der Waals surface area contributed by atoms with E-state index in [1.165, 1.54) is 132 Å². The molecule has 0 fully saturated rings. The van der Waals surface area contributed by atoms with Crippen LogP contribution in [0.1, 0.15) is 89.0 Å². The van der Waals surface area contributed by atoms with Crippen LogP contribution in [0.15, 0.2) is 473 Å². The third-order valence-electron chi connectivity index (χ3n) is 30.3. The van der Waals surface area contributed by atoms with Crippen LogP contribution in [-0.4, -0.2) is 0 Å². The Hall–Kier alpha value is -17.3. The summed E-state index contributed by atoms with van der Waals surface area (Å²) in [6.07, 6.45) is 0. The zero-order valence-electron chi connectivity index (χ0n) is 72.6. The summed E-state index contributed by atoms with van der Waals surface area (Å²) >= 11 is 0. The topological polar surface area (TPSA) is 43.4 Å². The Balaban J connectivity index is 0.000000132. The second-order valence-corrected chi connectivity index (χ2v) is 36.5. The van der Waals surface area contributed by atoms with E-state index in [4.69, 9.17) is 18.9 Å². The van der Waals surface area contributed by atoms with Gasteiger partial charge in [-0.1, -0.05) is 358 Å². The molecule has 22 aromatic carbocycles. The normalized spacial score (nSPS) is 14.4. The molecule has 6 heteroatoms. The van der Waals surface area contributed by atoms with Gasteiger partial charge in [0, 0.05) is 78.3 Å². The fraction of sp³-hybridized carbons (Fsp3) is 0.0312. The van der Waals surface area contributed by atoms with Crippen LogP contribution in [0, 0.1) is 0 Å². The van der Waals surface area contributed by atoms with Crippen LogP contribution < -0.4 is 28.7 Å². The quantitative estimate of drug-likeness (QED) is 0.155. The predicted molar refractivity (Wildman–Crippen MR) is 542 cm³/mol. The van der Waals surface area contributed by atoms with Gasteiger partial charge in [0.05, 0.1) is 27.3 Å². The van der Waals surface area contributed by atoms with Gasteiger partial charge in [0.1, 0.15) is 46.0 Å². The molecule has 624 valence electrons. The average Bonchev–Trinajstić information content (AvgIpc) is 1.53. The van der Waals surface area contributed by atoms with Crippen molar-refractivity contribution >= 4 is 77.2 Å². The van der Waals surface area contributed by atoms with Gasteiger partial charge in [-0.15, -0.1) is 0 Å². The first-order valence-corrected chi connectivity index (χ1v) is 46.3. The minimum Gasteiger partial charge on any atom is -0.457 e. The standard InChI is InChI=1S/C68H41NO2.C60H37NO2/c1-2-19-47-45(17-1)46-18-3-4-20-48(46)53-39-42(33-36-49(47)53)69(43-35-38-57-54(40-43)51-22-6-8-24-56(51)67(57)58-25-9-13-29-63(58)70-64-30-14-10-26-59(64)67)44-34-37-52-50-21-5-7-23-55(50)68(62(52)41-44)60-27-11-15-31-65(60)71-66-32-16-12-28-61(66)68;1-2-18-41-38(16-1)17-15-27-54(41)61(39-33-35-48-45(36-39)43-20-4-6-22-47(43)59(48)49-23-7-11-28-55(49)62-56-29-12-8-24-50(56)59)40-32-34-44-42-19-3-5-21-46(42)60(53(44)37-40)51-25-9-13-30-57(51)63-58-31-14-10-26-52(58)60/h1-41H;1-37H. The lowest BCUT2D eigenvalue weighted by Crippen LogP contribution is -2.32. The second kappa shape index (κ2) is 28.1. The molecule has 6 nitrogen and oxygen atoms in total. The van der Waals surface area contributed by atoms with Gasteiger partial charge in [-0.25, -0.2) is 0 Å². The van der Waals surface area contributed by atoms with E-state index in [9.17, 15) is 0 Å². The minimum atomic E-state index is -0.620. The van der Waals surface area contributed by atoms with Gasteiger partial charge in [-0.05, 0) is 242 Å². The van der Waals surface area contributed by atoms with Crippen LogP contribution in [-0.2, 0) is 21.7 Å². The fourth-order valence-electron chi connectivity index (χ4n) is 25.2. The number of nitrogens with zero attached hydrogens (tertiary/aromatic N) is 2. The van der Waals surface area contributed by atoms with Crippen LogP contribution >= 0.6 is 0 Å². The van der Waals surface area contributed by atoms with Crippen molar-refractivity contribution in [1.29, 1.82) is 0 Å². The Morgan fingerprint density at radius 1 is 0.134 bits per heavy atom. The molecule has 0 bridgehead atoms. The average molecular weight is 1710 g/mol. The van der Waals surface area contributed by atoms with E-state index >= 15 is 0 Å². The van der Waals surface area contributed by atoms with Crippen molar-refractivity contribution < 1.29 is 18.9 Å². The molecule has 0 N–H and O–H groups in total. The van der Waals surface area contributed by atoms with Crippen molar-refractivity contribution in [1.82, 2.24) is 0 Å². The molecule has 0 aromatic heterocycles. The van der Waals surface area contributed by atoms with Gasteiger partial charge in [-0.3, -0.25) is 0 Å². The monoisotopic (exact) mass is 1710 g/mol. The van der Waals surface area contributed by atoms with E-state index in [-0.39, 0.29) is 0 Å². The van der Waals surface area contributed by atoms with Crippen LogP contribution in [0.4, 0.5) is 34.1 Å². The number of hydrogen-bond acceptors (Lipinski definition) is 6. The molecule has 8 aliphatic rings. The van der Waals surface area contributed by atoms with Gasteiger partial charge < -0.3 is 28.7 Å². The first kappa shape index (κ1) is 74.6. The van der Waals surface area contributed by atoms with E-state index < -0.39 is 21.7 Å². The Labute approximate surface area is 775 Å². The molecule has 4 spiro atoms. The van der Waals surface area contributed by atoms with Crippen molar-refractivity contribution in [2.24, 2.45) is 0 Å². The molecule has 4 aliphatic heterocycles. The van der Waals surface area contributed by atoms with Crippen LogP contribution in [0.2, 0.25) is 0 Å². The van der Waals surface area contributed by atoms with Crippen molar-refractivity contribution in [3.63, 3.8) is 0 Å². The molecule has 0 saturated heterocycles. The molecule has 22 aromatic rings. The lowest BCUT2D eigenvalue weighted by molar-refractivity contribution is 0.436. The maximum absolute atomic E-state index is 6.76. The largest absolute Gasteiger partial charge is 0.457 e. The van der Waals surface area contributed by atoms with E-state index in [0.717, 1.165) is 125 Å². The van der Waals surface area contributed by atoms with Crippen molar-refractivity contribution in [3.8, 4) is 90.5 Å². The van der Waals surface area contributed by atoms with E-state index in [2.05, 4.69) is 483 Å². The van der Waals surface area contributed by atoms with Crippen LogP contribution in [0.25, 0.3) is 87.6 Å². The molecular formula is C128H78N2O4. The molecule has 0 amide bonds. The minimum absolute atomic E-state index is 0.546. The van der Waals surface area contributed by atoms with Crippen LogP contribution in [0.5, 0.6) is 46.0 Å². The highest BCUT2D eigenvalue weighted by atomic mass is 16.5. The van der Waals surface area contributed by atoms with E-state index in [1.807, 2.05) is 0 Å². The van der Waals surface area contributed by atoms with Crippen molar-refractivity contribution in [2.45, 2.75) is 21.7 Å². The lowest BCUT2D eigenvalue weighted by atomic mass is 9.66. The Morgan fingerprint density at radius 3 is 0.739 bits per heavy atom. The third kappa shape index (κ3) is 9.91.